The topological polar surface area (TPSA) is 80.5 Å². The summed E-state index contributed by atoms with van der Waals surface area (Å²) < 4.78 is 0. The van der Waals surface area contributed by atoms with E-state index in [0.29, 0.717) is 42.1 Å². The van der Waals surface area contributed by atoms with Gasteiger partial charge < -0.3 is 5.73 Å². The van der Waals surface area contributed by atoms with Crippen molar-refractivity contribution in [2.45, 2.75) is 51.4 Å². The molecule has 2 amide bonds. The number of ketones is 1. The molecule has 1 unspecified atom stereocenters. The minimum Gasteiger partial charge on any atom is -0.366 e. The van der Waals surface area contributed by atoms with Crippen LogP contribution < -0.4 is 10.6 Å². The van der Waals surface area contributed by atoms with E-state index in [1.54, 1.807) is 29.2 Å². The van der Waals surface area contributed by atoms with Gasteiger partial charge in [0.2, 0.25) is 5.91 Å². The normalized spacial score (nSPS) is 19.3. The number of allylic oxidation sites excluding steroid dienone is 2. The summed E-state index contributed by atoms with van der Waals surface area (Å²) in [6.07, 6.45) is 2.00. The third-order valence-corrected chi connectivity index (χ3v) is 6.09. The van der Waals surface area contributed by atoms with Crippen LogP contribution in [0.2, 0.25) is 0 Å². The summed E-state index contributed by atoms with van der Waals surface area (Å²) in [5.74, 6) is -0.454. The molecule has 2 aromatic carbocycles. The Balaban J connectivity index is 1.84. The van der Waals surface area contributed by atoms with E-state index in [1.165, 1.54) is 5.56 Å². The van der Waals surface area contributed by atoms with Gasteiger partial charge in [-0.25, -0.2) is 0 Å². The van der Waals surface area contributed by atoms with Crippen LogP contribution in [0, 0.1) is 0 Å². The highest BCUT2D eigenvalue weighted by atomic mass is 16.2. The lowest BCUT2D eigenvalue weighted by Gasteiger charge is -2.39. The molecule has 0 saturated carbocycles. The average Bonchev–Trinajstić information content (AvgIpc) is 2.73. The molecule has 2 N–H and O–H groups in total. The molecule has 0 radical (unpaired) electrons. The van der Waals surface area contributed by atoms with Gasteiger partial charge in [-0.3, -0.25) is 19.3 Å². The molecule has 1 aliphatic heterocycles. The first-order valence-electron chi connectivity index (χ1n) is 10.5. The summed E-state index contributed by atoms with van der Waals surface area (Å²) in [5, 5.41) is 0. The number of amides is 2. The Labute approximate surface area is 176 Å². The van der Waals surface area contributed by atoms with Gasteiger partial charge in [-0.1, -0.05) is 50.2 Å². The SMILES string of the molecule is CC(C)c1ccc(C2CC(=O)N(c3ccccc3C(N)=O)C3=C2C(=O)CCC3)cc1. The highest BCUT2D eigenvalue weighted by Crippen LogP contribution is 2.44. The Morgan fingerprint density at radius 2 is 1.73 bits per heavy atom. The van der Waals surface area contributed by atoms with Gasteiger partial charge in [0.15, 0.2) is 5.78 Å². The van der Waals surface area contributed by atoms with Crippen molar-refractivity contribution in [2.75, 3.05) is 4.90 Å². The van der Waals surface area contributed by atoms with Crippen molar-refractivity contribution in [1.29, 1.82) is 0 Å². The predicted octanol–water partition coefficient (Wildman–Crippen LogP) is 4.44. The van der Waals surface area contributed by atoms with E-state index < -0.39 is 5.91 Å². The fourth-order valence-corrected chi connectivity index (χ4v) is 4.55. The van der Waals surface area contributed by atoms with Crippen molar-refractivity contribution in [3.63, 3.8) is 0 Å². The number of nitrogens with zero attached hydrogens (tertiary/aromatic N) is 1. The molecule has 1 aliphatic carbocycles. The quantitative estimate of drug-likeness (QED) is 0.821. The number of carbonyl (C=O) groups excluding carboxylic acids is 3. The molecule has 4 rings (SSSR count). The van der Waals surface area contributed by atoms with Crippen molar-refractivity contribution in [1.82, 2.24) is 0 Å². The number of hydrogen-bond donors (Lipinski definition) is 1. The lowest BCUT2D eigenvalue weighted by atomic mass is 9.76. The van der Waals surface area contributed by atoms with Crippen molar-refractivity contribution >= 4 is 23.3 Å². The van der Waals surface area contributed by atoms with Crippen molar-refractivity contribution in [2.24, 2.45) is 5.73 Å². The molecule has 30 heavy (non-hydrogen) atoms. The van der Waals surface area contributed by atoms with Crippen LogP contribution in [-0.2, 0) is 9.59 Å². The molecule has 0 fully saturated rings. The van der Waals surface area contributed by atoms with Crippen LogP contribution in [0.1, 0.15) is 72.9 Å². The maximum atomic E-state index is 13.3. The summed E-state index contributed by atoms with van der Waals surface area (Å²) in [6.45, 7) is 4.27. The maximum absolute atomic E-state index is 13.3. The number of hydrogen-bond acceptors (Lipinski definition) is 3. The van der Waals surface area contributed by atoms with Crippen molar-refractivity contribution in [3.05, 3.63) is 76.5 Å². The molecule has 5 nitrogen and oxygen atoms in total. The molecule has 5 heteroatoms. The molecular weight excluding hydrogens is 376 g/mol. The number of carbonyl (C=O) groups is 3. The zero-order valence-electron chi connectivity index (χ0n) is 17.4. The van der Waals surface area contributed by atoms with Gasteiger partial charge in [-0.2, -0.15) is 0 Å². The van der Waals surface area contributed by atoms with Crippen molar-refractivity contribution < 1.29 is 14.4 Å². The summed E-state index contributed by atoms with van der Waals surface area (Å²) in [7, 11) is 0. The number of nitrogens with two attached hydrogens (primary N) is 1. The second kappa shape index (κ2) is 7.90. The largest absolute Gasteiger partial charge is 0.366 e. The van der Waals surface area contributed by atoms with Gasteiger partial charge in [0.05, 0.1) is 11.3 Å². The maximum Gasteiger partial charge on any atom is 0.250 e. The van der Waals surface area contributed by atoms with E-state index in [1.807, 2.05) is 12.1 Å². The summed E-state index contributed by atoms with van der Waals surface area (Å²) in [6, 6.07) is 15.1. The molecular formula is C25H26N2O3. The Hall–Kier alpha value is -3.21. The minimum absolute atomic E-state index is 0.0863. The number of anilines is 1. The summed E-state index contributed by atoms with van der Waals surface area (Å²) in [4.78, 5) is 39.9. The van der Waals surface area contributed by atoms with E-state index >= 15 is 0 Å². The number of primary amides is 1. The third-order valence-electron chi connectivity index (χ3n) is 6.09. The first kappa shape index (κ1) is 20.1. The Morgan fingerprint density at radius 1 is 1.03 bits per heavy atom. The Bertz CT molecular complexity index is 1050. The smallest absolute Gasteiger partial charge is 0.250 e. The minimum atomic E-state index is -0.589. The summed E-state index contributed by atoms with van der Waals surface area (Å²) >= 11 is 0. The lowest BCUT2D eigenvalue weighted by molar-refractivity contribution is -0.119. The zero-order chi connectivity index (χ0) is 21.4. The number of Topliss-reactive ketones (excluding diaryl/α,β-unsaturated/α-hetero) is 1. The molecule has 0 aromatic heterocycles. The van der Waals surface area contributed by atoms with Crippen molar-refractivity contribution in [3.8, 4) is 0 Å². The van der Waals surface area contributed by atoms with Gasteiger partial charge in [-0.15, -0.1) is 0 Å². The standard InChI is InChI=1S/C25H26N2O3/c1-15(2)16-10-12-17(13-11-16)19-14-23(29)27(21-8-5-9-22(28)24(19)21)20-7-4-3-6-18(20)25(26)30/h3-4,6-7,10-13,15,19H,5,8-9,14H2,1-2H3,(H2,26,30). The van der Waals surface area contributed by atoms with Gasteiger partial charge in [0, 0.05) is 30.0 Å². The van der Waals surface area contributed by atoms with E-state index in [2.05, 4.69) is 26.0 Å². The second-order valence-electron chi connectivity index (χ2n) is 8.33. The average molecular weight is 402 g/mol. The molecule has 0 bridgehead atoms. The van der Waals surface area contributed by atoms with E-state index in [0.717, 1.165) is 5.56 Å². The molecule has 0 saturated heterocycles. The zero-order valence-corrected chi connectivity index (χ0v) is 17.4. The van der Waals surface area contributed by atoms with Gasteiger partial charge in [0.1, 0.15) is 0 Å². The first-order valence-corrected chi connectivity index (χ1v) is 10.5. The second-order valence-corrected chi connectivity index (χ2v) is 8.33. The van der Waals surface area contributed by atoms with Crippen LogP contribution in [0.3, 0.4) is 0 Å². The van der Waals surface area contributed by atoms with Crippen LogP contribution in [-0.4, -0.2) is 17.6 Å². The van der Waals surface area contributed by atoms with Crippen LogP contribution in [0.5, 0.6) is 0 Å². The molecule has 154 valence electrons. The van der Waals surface area contributed by atoms with Gasteiger partial charge >= 0.3 is 0 Å². The fourth-order valence-electron chi connectivity index (χ4n) is 4.55. The summed E-state index contributed by atoms with van der Waals surface area (Å²) in [5.41, 5.74) is 9.94. The molecule has 2 aliphatic rings. The van der Waals surface area contributed by atoms with E-state index in [-0.39, 0.29) is 29.6 Å². The molecule has 2 aromatic rings. The van der Waals surface area contributed by atoms with Crippen LogP contribution in [0.15, 0.2) is 59.8 Å². The molecule has 1 heterocycles. The van der Waals surface area contributed by atoms with E-state index in [9.17, 15) is 14.4 Å². The van der Waals surface area contributed by atoms with Gasteiger partial charge in [0.25, 0.3) is 5.91 Å². The Morgan fingerprint density at radius 3 is 2.40 bits per heavy atom. The third kappa shape index (κ3) is 3.45. The molecule has 0 spiro atoms. The van der Waals surface area contributed by atoms with Crippen LogP contribution in [0.4, 0.5) is 5.69 Å². The first-order chi connectivity index (χ1) is 14.4. The van der Waals surface area contributed by atoms with E-state index in [4.69, 9.17) is 5.73 Å². The number of rotatable bonds is 4. The molecule has 1 atom stereocenters. The predicted molar refractivity (Wildman–Crippen MR) is 116 cm³/mol. The highest BCUT2D eigenvalue weighted by Gasteiger charge is 2.40. The van der Waals surface area contributed by atoms with Crippen LogP contribution in [0.25, 0.3) is 0 Å². The Kier molecular flexibility index (Phi) is 5.29. The monoisotopic (exact) mass is 402 g/mol. The van der Waals surface area contributed by atoms with Crippen LogP contribution >= 0.6 is 0 Å². The fraction of sp³-hybridized carbons (Fsp3) is 0.320. The number of para-hydroxylation sites is 1. The highest BCUT2D eigenvalue weighted by molar-refractivity contribution is 6.10. The van der Waals surface area contributed by atoms with Gasteiger partial charge in [-0.05, 0) is 42.0 Å². The number of benzene rings is 2. The lowest BCUT2D eigenvalue weighted by Crippen LogP contribution is -2.41.